The maximum atomic E-state index is 6.10. The van der Waals surface area contributed by atoms with E-state index in [0.29, 0.717) is 6.04 Å². The van der Waals surface area contributed by atoms with Crippen LogP contribution in [0.5, 0.6) is 0 Å². The highest BCUT2D eigenvalue weighted by Crippen LogP contribution is 2.35. The average Bonchev–Trinajstić information content (AvgIpc) is 2.41. The number of nitrogens with zero attached hydrogens (tertiary/aromatic N) is 2. The molecule has 2 N–H and O–H groups in total. The molecule has 1 fully saturated rings. The molecule has 0 bridgehead atoms. The molecule has 1 aliphatic heterocycles. The second-order valence-electron chi connectivity index (χ2n) is 5.90. The van der Waals surface area contributed by atoms with Crippen molar-refractivity contribution < 1.29 is 0 Å². The molecule has 1 aromatic carbocycles. The van der Waals surface area contributed by atoms with Crippen molar-refractivity contribution in [3.8, 4) is 0 Å². The van der Waals surface area contributed by atoms with E-state index in [1.165, 1.54) is 18.5 Å². The molecule has 4 heteroatoms. The second kappa shape index (κ2) is 5.24. The minimum atomic E-state index is 0.552. The molecule has 3 nitrogen and oxygen atoms in total. The minimum Gasteiger partial charge on any atom is -0.398 e. The van der Waals surface area contributed by atoms with E-state index in [4.69, 9.17) is 5.73 Å². The molecule has 1 aromatic heterocycles. The number of hydrogen-bond donors (Lipinski definition) is 1. The van der Waals surface area contributed by atoms with Crippen LogP contribution >= 0.6 is 15.9 Å². The zero-order valence-corrected chi connectivity index (χ0v) is 13.5. The lowest BCUT2D eigenvalue weighted by Gasteiger charge is -2.38. The van der Waals surface area contributed by atoms with E-state index >= 15 is 0 Å². The quantitative estimate of drug-likeness (QED) is 0.795. The number of halogens is 1. The highest BCUT2D eigenvalue weighted by atomic mass is 79.9. The van der Waals surface area contributed by atoms with E-state index in [1.807, 2.05) is 12.3 Å². The van der Waals surface area contributed by atoms with E-state index in [0.717, 1.165) is 33.5 Å². The summed E-state index contributed by atoms with van der Waals surface area (Å²) in [6.07, 6.45) is 4.33. The van der Waals surface area contributed by atoms with Crippen molar-refractivity contribution in [2.45, 2.75) is 32.7 Å². The Hall–Kier alpha value is -1.29. The first-order valence-corrected chi connectivity index (χ1v) is 7.96. The molecule has 0 spiro atoms. The number of anilines is 2. The van der Waals surface area contributed by atoms with Crippen molar-refractivity contribution in [3.05, 3.63) is 28.9 Å². The van der Waals surface area contributed by atoms with E-state index in [9.17, 15) is 0 Å². The molecule has 1 saturated heterocycles. The van der Waals surface area contributed by atoms with Crippen LogP contribution in [0.1, 0.15) is 26.7 Å². The molecule has 20 heavy (non-hydrogen) atoms. The van der Waals surface area contributed by atoms with Gasteiger partial charge < -0.3 is 10.6 Å². The summed E-state index contributed by atoms with van der Waals surface area (Å²) >= 11 is 3.48. The van der Waals surface area contributed by atoms with E-state index in [2.05, 4.69) is 51.8 Å². The molecule has 3 rings (SSSR count). The number of nitrogen functional groups attached to an aromatic ring is 1. The zero-order chi connectivity index (χ0) is 14.3. The van der Waals surface area contributed by atoms with Crippen molar-refractivity contribution in [3.63, 3.8) is 0 Å². The van der Waals surface area contributed by atoms with Crippen LogP contribution in [0.15, 0.2) is 28.9 Å². The van der Waals surface area contributed by atoms with Gasteiger partial charge >= 0.3 is 0 Å². The van der Waals surface area contributed by atoms with Crippen LogP contribution in [-0.4, -0.2) is 17.6 Å². The van der Waals surface area contributed by atoms with Gasteiger partial charge in [-0.15, -0.1) is 0 Å². The van der Waals surface area contributed by atoms with Gasteiger partial charge in [0.1, 0.15) is 0 Å². The number of rotatable bonds is 1. The molecule has 0 radical (unpaired) electrons. The Kier molecular flexibility index (Phi) is 3.59. The van der Waals surface area contributed by atoms with Crippen LogP contribution in [0.4, 0.5) is 11.4 Å². The van der Waals surface area contributed by atoms with E-state index < -0.39 is 0 Å². The minimum absolute atomic E-state index is 0.552. The van der Waals surface area contributed by atoms with Crippen LogP contribution in [-0.2, 0) is 0 Å². The Labute approximate surface area is 128 Å². The molecule has 1 aliphatic rings. The molecule has 2 atom stereocenters. The van der Waals surface area contributed by atoms with E-state index in [-0.39, 0.29) is 0 Å². The Balaban J connectivity index is 2.10. The fourth-order valence-corrected chi connectivity index (χ4v) is 3.53. The molecule has 2 aromatic rings. The van der Waals surface area contributed by atoms with Crippen LogP contribution in [0, 0.1) is 5.92 Å². The topological polar surface area (TPSA) is 42.1 Å². The van der Waals surface area contributed by atoms with Gasteiger partial charge in [0.05, 0.1) is 11.2 Å². The number of benzene rings is 1. The first-order chi connectivity index (χ1) is 9.56. The molecule has 0 amide bonds. The summed E-state index contributed by atoms with van der Waals surface area (Å²) in [5.74, 6) is 0.809. The van der Waals surface area contributed by atoms with Crippen molar-refractivity contribution in [1.82, 2.24) is 4.98 Å². The summed E-state index contributed by atoms with van der Waals surface area (Å²) in [6, 6.07) is 6.72. The fraction of sp³-hybridized carbons (Fsp3) is 0.438. The second-order valence-corrected chi connectivity index (χ2v) is 6.81. The molecule has 2 unspecified atom stereocenters. The number of piperidine rings is 1. The number of pyridine rings is 1. The third-order valence-electron chi connectivity index (χ3n) is 4.28. The first-order valence-electron chi connectivity index (χ1n) is 7.16. The van der Waals surface area contributed by atoms with Crippen LogP contribution in [0.3, 0.4) is 0 Å². The van der Waals surface area contributed by atoms with Crippen LogP contribution < -0.4 is 10.6 Å². The number of hydrogen-bond acceptors (Lipinski definition) is 3. The SMILES string of the molecule is CC1CCN(c2ccc(N)c3cc(Br)cnc23)C(C)C1. The lowest BCUT2D eigenvalue weighted by molar-refractivity contribution is 0.378. The Morgan fingerprint density at radius 1 is 1.35 bits per heavy atom. The summed E-state index contributed by atoms with van der Waals surface area (Å²) in [5, 5.41) is 1.03. The number of nitrogens with two attached hydrogens (primary N) is 1. The lowest BCUT2D eigenvalue weighted by Crippen LogP contribution is -2.40. The highest BCUT2D eigenvalue weighted by molar-refractivity contribution is 9.10. The van der Waals surface area contributed by atoms with Crippen molar-refractivity contribution in [1.29, 1.82) is 0 Å². The third-order valence-corrected chi connectivity index (χ3v) is 4.71. The summed E-state index contributed by atoms with van der Waals surface area (Å²) in [7, 11) is 0. The van der Waals surface area contributed by atoms with Crippen molar-refractivity contribution in [2.75, 3.05) is 17.2 Å². The van der Waals surface area contributed by atoms with Crippen LogP contribution in [0.25, 0.3) is 10.9 Å². The normalized spacial score (nSPS) is 23.2. The Morgan fingerprint density at radius 2 is 2.15 bits per heavy atom. The summed E-state index contributed by atoms with van der Waals surface area (Å²) in [6.45, 7) is 5.74. The zero-order valence-electron chi connectivity index (χ0n) is 11.9. The van der Waals surface area contributed by atoms with Gasteiger partial charge in [-0.3, -0.25) is 4.98 Å². The van der Waals surface area contributed by atoms with Crippen molar-refractivity contribution >= 4 is 38.2 Å². The molecule has 2 heterocycles. The molecule has 0 aliphatic carbocycles. The highest BCUT2D eigenvalue weighted by Gasteiger charge is 2.24. The predicted octanol–water partition coefficient (Wildman–Crippen LogP) is 4.20. The Bertz CT molecular complexity index is 641. The standard InChI is InChI=1S/C16H20BrN3/c1-10-5-6-20(11(2)7-10)15-4-3-14(18)13-8-12(17)9-19-16(13)15/h3-4,8-11H,5-7,18H2,1-2H3. The summed E-state index contributed by atoms with van der Waals surface area (Å²) < 4.78 is 0.967. The number of fused-ring (bicyclic) bond motifs is 1. The number of aromatic nitrogens is 1. The van der Waals surface area contributed by atoms with Crippen molar-refractivity contribution in [2.24, 2.45) is 5.92 Å². The Morgan fingerprint density at radius 3 is 2.90 bits per heavy atom. The van der Waals surface area contributed by atoms with Crippen LogP contribution in [0.2, 0.25) is 0 Å². The molecule has 0 saturated carbocycles. The van der Waals surface area contributed by atoms with Gasteiger partial charge in [0.25, 0.3) is 0 Å². The smallest absolute Gasteiger partial charge is 0.0956 e. The van der Waals surface area contributed by atoms with E-state index in [1.54, 1.807) is 0 Å². The average molecular weight is 334 g/mol. The van der Waals surface area contributed by atoms with Gasteiger partial charge in [0.2, 0.25) is 0 Å². The summed E-state index contributed by atoms with van der Waals surface area (Å²) in [4.78, 5) is 7.08. The monoisotopic (exact) mass is 333 g/mol. The first kappa shape index (κ1) is 13.7. The lowest BCUT2D eigenvalue weighted by atomic mass is 9.92. The van der Waals surface area contributed by atoms with Gasteiger partial charge in [0.15, 0.2) is 0 Å². The summed E-state index contributed by atoms with van der Waals surface area (Å²) in [5.41, 5.74) is 9.11. The molecule has 106 valence electrons. The third kappa shape index (κ3) is 2.37. The van der Waals surface area contributed by atoms with Gasteiger partial charge in [0, 0.05) is 34.3 Å². The predicted molar refractivity (Wildman–Crippen MR) is 89.1 cm³/mol. The maximum absolute atomic E-state index is 6.10. The van der Waals surface area contributed by atoms with Gasteiger partial charge in [-0.05, 0) is 59.8 Å². The molecular weight excluding hydrogens is 314 g/mol. The van der Waals surface area contributed by atoms with Gasteiger partial charge in [-0.1, -0.05) is 6.92 Å². The van der Waals surface area contributed by atoms with Gasteiger partial charge in [-0.25, -0.2) is 0 Å². The fourth-order valence-electron chi connectivity index (χ4n) is 3.20. The largest absolute Gasteiger partial charge is 0.398 e. The van der Waals surface area contributed by atoms with Gasteiger partial charge in [-0.2, -0.15) is 0 Å². The maximum Gasteiger partial charge on any atom is 0.0956 e. The molecular formula is C16H20BrN3.